The van der Waals surface area contributed by atoms with Crippen LogP contribution in [0.5, 0.6) is 11.5 Å². The molecule has 28 heavy (non-hydrogen) atoms. The number of nitrogens with one attached hydrogen (secondary N) is 1. The quantitative estimate of drug-likeness (QED) is 0.219. The first-order valence-electron chi connectivity index (χ1n) is 8.18. The van der Waals surface area contributed by atoms with Gasteiger partial charge in [0, 0.05) is 16.2 Å². The summed E-state index contributed by atoms with van der Waals surface area (Å²) >= 11 is 3.30. The van der Waals surface area contributed by atoms with Crippen molar-refractivity contribution in [1.29, 1.82) is 0 Å². The smallest absolute Gasteiger partial charge is 0.342 e. The third-order valence-electron chi connectivity index (χ3n) is 3.89. The van der Waals surface area contributed by atoms with Gasteiger partial charge in [-0.25, -0.2) is 4.79 Å². The molecule has 0 aromatic heterocycles. The number of aromatic hydroxyl groups is 2. The van der Waals surface area contributed by atoms with Gasteiger partial charge >= 0.3 is 5.97 Å². The third-order valence-corrected chi connectivity index (χ3v) is 4.42. The summed E-state index contributed by atoms with van der Waals surface area (Å²) in [4.78, 5) is 11.7. The number of carboxylic acid groups (broad SMARTS) is 1. The lowest BCUT2D eigenvalue weighted by molar-refractivity contribution is 0.0694. The molecular formula is C20H16BrN3O4. The van der Waals surface area contributed by atoms with Gasteiger partial charge in [-0.05, 0) is 43.3 Å². The zero-order valence-electron chi connectivity index (χ0n) is 14.7. The number of azo groups is 1. The lowest BCUT2D eigenvalue weighted by Gasteiger charge is -2.13. The summed E-state index contributed by atoms with van der Waals surface area (Å²) in [5.74, 6) is -2.41. The zero-order chi connectivity index (χ0) is 20.3. The number of halogens is 1. The van der Waals surface area contributed by atoms with Crippen molar-refractivity contribution in [2.24, 2.45) is 10.2 Å². The first-order chi connectivity index (χ1) is 13.3. The summed E-state index contributed by atoms with van der Waals surface area (Å²) in [7, 11) is 0. The second kappa shape index (κ2) is 8.10. The van der Waals surface area contributed by atoms with Gasteiger partial charge in [0.1, 0.15) is 17.0 Å². The maximum absolute atomic E-state index is 11.7. The van der Waals surface area contributed by atoms with Gasteiger partial charge in [0.15, 0.2) is 5.75 Å². The van der Waals surface area contributed by atoms with Crippen LogP contribution >= 0.6 is 15.9 Å². The number of nitrogens with zero attached hydrogens (tertiary/aromatic N) is 2. The third kappa shape index (κ3) is 4.29. The van der Waals surface area contributed by atoms with Gasteiger partial charge in [0.2, 0.25) is 0 Å². The normalized spacial score (nSPS) is 10.9. The lowest BCUT2D eigenvalue weighted by atomic mass is 10.1. The van der Waals surface area contributed by atoms with Gasteiger partial charge in [-0.2, -0.15) is 5.11 Å². The number of rotatable bonds is 5. The molecule has 0 spiro atoms. The van der Waals surface area contributed by atoms with E-state index < -0.39 is 23.0 Å². The van der Waals surface area contributed by atoms with Gasteiger partial charge in [-0.1, -0.05) is 33.6 Å². The molecule has 0 saturated heterocycles. The topological polar surface area (TPSA) is 115 Å². The minimum atomic E-state index is -1.44. The molecule has 7 nitrogen and oxygen atoms in total. The molecule has 0 atom stereocenters. The number of aromatic carboxylic acids is 1. The van der Waals surface area contributed by atoms with Crippen LogP contribution in [0.3, 0.4) is 0 Å². The molecular weight excluding hydrogens is 426 g/mol. The number of phenols is 2. The van der Waals surface area contributed by atoms with Crippen molar-refractivity contribution >= 4 is 44.6 Å². The van der Waals surface area contributed by atoms with E-state index in [2.05, 4.69) is 31.5 Å². The largest absolute Gasteiger partial charge is 0.506 e. The van der Waals surface area contributed by atoms with Crippen LogP contribution in [0.15, 0.2) is 69.3 Å². The molecule has 8 heteroatoms. The van der Waals surface area contributed by atoms with Crippen molar-refractivity contribution in [3.8, 4) is 11.5 Å². The molecule has 0 saturated carbocycles. The molecule has 3 aromatic rings. The van der Waals surface area contributed by atoms with Crippen LogP contribution in [0.2, 0.25) is 0 Å². The number of benzene rings is 3. The highest BCUT2D eigenvalue weighted by Crippen LogP contribution is 2.43. The van der Waals surface area contributed by atoms with E-state index in [0.717, 1.165) is 10.0 Å². The maximum atomic E-state index is 11.7. The van der Waals surface area contributed by atoms with Crippen LogP contribution in [0.25, 0.3) is 0 Å². The van der Waals surface area contributed by atoms with Gasteiger partial charge in [-0.15, -0.1) is 5.11 Å². The molecule has 142 valence electrons. The van der Waals surface area contributed by atoms with Gasteiger partial charge in [0.25, 0.3) is 0 Å². The van der Waals surface area contributed by atoms with E-state index in [-0.39, 0.29) is 11.4 Å². The van der Waals surface area contributed by atoms with Gasteiger partial charge in [0.05, 0.1) is 11.4 Å². The Balaban J connectivity index is 2.01. The summed E-state index contributed by atoms with van der Waals surface area (Å²) in [5.41, 5.74) is 1.30. The average molecular weight is 442 g/mol. The Labute approximate surface area is 169 Å². The Hall–Kier alpha value is -3.39. The predicted molar refractivity (Wildman–Crippen MR) is 110 cm³/mol. The van der Waals surface area contributed by atoms with Crippen molar-refractivity contribution in [3.05, 3.63) is 70.2 Å². The van der Waals surface area contributed by atoms with Crippen molar-refractivity contribution in [2.45, 2.75) is 6.92 Å². The maximum Gasteiger partial charge on any atom is 0.342 e. The van der Waals surface area contributed by atoms with Crippen LogP contribution in [0.1, 0.15) is 15.9 Å². The standard InChI is InChI=1S/C20H16BrN3O4/c1-11-2-6-13(7-3-11)22-15-10-16(25)18(17(19(15)26)20(27)28)24-23-14-8-4-12(21)5-9-14/h2-10,22,25-26H,1H3,(H,27,28). The Morgan fingerprint density at radius 2 is 1.64 bits per heavy atom. The first-order valence-corrected chi connectivity index (χ1v) is 8.97. The number of carbonyl (C=O) groups is 1. The Bertz CT molecular complexity index is 1050. The first kappa shape index (κ1) is 19.4. The van der Waals surface area contributed by atoms with E-state index in [9.17, 15) is 20.1 Å². The number of hydrogen-bond donors (Lipinski definition) is 4. The van der Waals surface area contributed by atoms with Crippen LogP contribution in [0, 0.1) is 6.92 Å². The van der Waals surface area contributed by atoms with Crippen molar-refractivity contribution in [1.82, 2.24) is 0 Å². The van der Waals surface area contributed by atoms with Crippen molar-refractivity contribution in [2.75, 3.05) is 5.32 Å². The highest BCUT2D eigenvalue weighted by Gasteiger charge is 2.23. The molecule has 0 radical (unpaired) electrons. The van der Waals surface area contributed by atoms with E-state index in [4.69, 9.17) is 0 Å². The van der Waals surface area contributed by atoms with Gasteiger partial charge < -0.3 is 20.6 Å². The van der Waals surface area contributed by atoms with Crippen LogP contribution in [-0.4, -0.2) is 21.3 Å². The Morgan fingerprint density at radius 3 is 2.25 bits per heavy atom. The number of aryl methyl sites for hydroxylation is 1. The fourth-order valence-electron chi connectivity index (χ4n) is 2.46. The SMILES string of the molecule is Cc1ccc(Nc2cc(O)c(N=Nc3ccc(Br)cc3)c(C(=O)O)c2O)cc1. The van der Waals surface area contributed by atoms with E-state index in [0.29, 0.717) is 11.4 Å². The molecule has 0 aliphatic rings. The fourth-order valence-corrected chi connectivity index (χ4v) is 2.72. The highest BCUT2D eigenvalue weighted by atomic mass is 79.9. The molecule has 0 amide bonds. The van der Waals surface area contributed by atoms with E-state index in [1.807, 2.05) is 19.1 Å². The molecule has 0 heterocycles. The van der Waals surface area contributed by atoms with E-state index in [1.165, 1.54) is 6.07 Å². The summed E-state index contributed by atoms with van der Waals surface area (Å²) < 4.78 is 0.852. The number of phenolic OH excluding ortho intramolecular Hbond substituents is 1. The molecule has 0 bridgehead atoms. The number of anilines is 2. The van der Waals surface area contributed by atoms with Crippen molar-refractivity contribution < 1.29 is 20.1 Å². The minimum Gasteiger partial charge on any atom is -0.506 e. The van der Waals surface area contributed by atoms with E-state index >= 15 is 0 Å². The molecule has 3 rings (SSSR count). The lowest BCUT2D eigenvalue weighted by Crippen LogP contribution is -2.01. The number of hydrogen-bond acceptors (Lipinski definition) is 6. The molecule has 0 fully saturated rings. The summed E-state index contributed by atoms with van der Waals surface area (Å²) in [6.45, 7) is 1.93. The Morgan fingerprint density at radius 1 is 1.00 bits per heavy atom. The predicted octanol–water partition coefficient (Wildman–Crippen LogP) is 6.03. The molecule has 0 aliphatic carbocycles. The molecule has 0 aliphatic heterocycles. The molecule has 4 N–H and O–H groups in total. The summed E-state index contributed by atoms with van der Waals surface area (Å²) in [6.07, 6.45) is 0. The van der Waals surface area contributed by atoms with Crippen LogP contribution in [-0.2, 0) is 0 Å². The second-order valence-electron chi connectivity index (χ2n) is 5.99. The monoisotopic (exact) mass is 441 g/mol. The highest BCUT2D eigenvalue weighted by molar-refractivity contribution is 9.10. The Kier molecular flexibility index (Phi) is 5.60. The van der Waals surface area contributed by atoms with E-state index in [1.54, 1.807) is 36.4 Å². The second-order valence-corrected chi connectivity index (χ2v) is 6.90. The fraction of sp³-hybridized carbons (Fsp3) is 0.0500. The zero-order valence-corrected chi connectivity index (χ0v) is 16.3. The number of carboxylic acids is 1. The summed E-state index contributed by atoms with van der Waals surface area (Å²) in [5, 5.41) is 41.0. The van der Waals surface area contributed by atoms with Crippen LogP contribution in [0.4, 0.5) is 22.7 Å². The summed E-state index contributed by atoms with van der Waals surface area (Å²) in [6, 6.07) is 15.3. The minimum absolute atomic E-state index is 0.0429. The van der Waals surface area contributed by atoms with Crippen LogP contribution < -0.4 is 5.32 Å². The van der Waals surface area contributed by atoms with Gasteiger partial charge in [-0.3, -0.25) is 0 Å². The van der Waals surface area contributed by atoms with Crippen molar-refractivity contribution in [3.63, 3.8) is 0 Å². The molecule has 0 unspecified atom stereocenters. The molecule has 3 aromatic carbocycles. The average Bonchev–Trinajstić information content (AvgIpc) is 2.66.